The highest BCUT2D eigenvalue weighted by Gasteiger charge is 2.65. The first-order valence-electron chi connectivity index (χ1n) is 43.8. The Bertz CT molecular complexity index is 6680. The Morgan fingerprint density at radius 2 is 0.778 bits per heavy atom. The molecule has 15 rings (SSSR count). The van der Waals surface area contributed by atoms with E-state index < -0.39 is 243 Å². The van der Waals surface area contributed by atoms with Crippen LogP contribution in [0.1, 0.15) is 102 Å². The molecule has 30 nitrogen and oxygen atoms in total. The molecule has 6 N–H and O–H groups in total. The highest BCUT2D eigenvalue weighted by molar-refractivity contribution is 8.13. The number of ether oxygens (including phenoxy) is 10. The van der Waals surface area contributed by atoms with Gasteiger partial charge in [-0.3, -0.25) is 4.79 Å². The number of alkyl carbamates (subject to hydrolysis) is 2. The van der Waals surface area contributed by atoms with Crippen LogP contribution in [0.3, 0.4) is 0 Å². The Morgan fingerprint density at radius 1 is 0.465 bits per heavy atom. The number of carbonyl (C=O) groups is 3. The number of aliphatic hydroxyl groups excluding tert-OH is 1. The summed E-state index contributed by atoms with van der Waals surface area (Å²) in [6, 6.07) is 28.9. The number of benzene rings is 8. The highest BCUT2D eigenvalue weighted by atomic mass is 35.7. The Morgan fingerprint density at radius 3 is 1.11 bits per heavy atom. The monoisotopic (exact) mass is 2250 g/mol. The van der Waals surface area contributed by atoms with Crippen molar-refractivity contribution in [2.75, 3.05) is 97.1 Å². The fourth-order valence-corrected chi connectivity index (χ4v) is 27.7. The van der Waals surface area contributed by atoms with Crippen molar-refractivity contribution in [2.24, 2.45) is 29.4 Å². The van der Waals surface area contributed by atoms with Gasteiger partial charge in [0.05, 0.1) is 117 Å². The van der Waals surface area contributed by atoms with E-state index in [0.717, 1.165) is 48.5 Å². The van der Waals surface area contributed by atoms with E-state index >= 15 is 17.6 Å². The van der Waals surface area contributed by atoms with Crippen molar-refractivity contribution in [3.63, 3.8) is 0 Å². The maximum absolute atomic E-state index is 15.3. The summed E-state index contributed by atoms with van der Waals surface area (Å²) < 4.78 is 358. The van der Waals surface area contributed by atoms with E-state index in [9.17, 15) is 95.9 Å². The molecule has 2 amide bonds. The fraction of sp³-hybridized carbons (Fsp3) is 0.446. The van der Waals surface area contributed by atoms with Gasteiger partial charge in [-0.25, -0.2) is 99.9 Å². The molecule has 144 heavy (non-hydrogen) atoms. The topological polar surface area (TPSA) is 431 Å². The minimum absolute atomic E-state index is 0.00849. The Labute approximate surface area is 848 Å². The van der Waals surface area contributed by atoms with Crippen LogP contribution < -0.4 is 40.0 Å². The molecule has 0 aliphatic carbocycles. The van der Waals surface area contributed by atoms with Gasteiger partial charge in [0.2, 0.25) is 25.4 Å². The number of halogens is 16. The summed E-state index contributed by atoms with van der Waals surface area (Å²) >= 11 is 23.7. The van der Waals surface area contributed by atoms with Crippen molar-refractivity contribution in [2.45, 2.75) is 156 Å². The van der Waals surface area contributed by atoms with Gasteiger partial charge in [0, 0.05) is 100 Å². The second-order valence-corrected chi connectivity index (χ2v) is 50.6. The van der Waals surface area contributed by atoms with Crippen molar-refractivity contribution >= 4 is 134 Å². The number of hydrogen-bond donors (Lipinski definition) is 5. The van der Waals surface area contributed by atoms with Crippen LogP contribution in [0.2, 0.25) is 20.1 Å². The van der Waals surface area contributed by atoms with Crippen LogP contribution in [0.5, 0.6) is 23.0 Å². The first-order valence-corrected chi connectivity index (χ1v) is 55.4. The summed E-state index contributed by atoms with van der Waals surface area (Å²) in [5, 5.41) is 14.1. The van der Waals surface area contributed by atoms with Gasteiger partial charge in [-0.05, 0) is 213 Å². The van der Waals surface area contributed by atoms with Crippen LogP contribution in [0, 0.1) is 70.2 Å². The third-order valence-electron chi connectivity index (χ3n) is 23.9. The number of aliphatic hydroxyl groups is 1. The quantitative estimate of drug-likeness (QED) is 0.0239. The van der Waals surface area contributed by atoms with E-state index in [-0.39, 0.29) is 146 Å². The Kier molecular flexibility index (Phi) is 38.6. The molecule has 7 aliphatic rings. The smallest absolute Gasteiger partial charge is 0.446 e. The van der Waals surface area contributed by atoms with Crippen LogP contribution in [0.4, 0.5) is 57.9 Å². The lowest BCUT2D eigenvalue weighted by Gasteiger charge is -2.50. The third kappa shape index (κ3) is 26.2. The zero-order chi connectivity index (χ0) is 107. The second kappa shape index (κ2) is 47.4. The summed E-state index contributed by atoms with van der Waals surface area (Å²) in [7, 11) is -19.3. The van der Waals surface area contributed by atoms with Crippen molar-refractivity contribution in [1.82, 2.24) is 15.4 Å². The Hall–Kier alpha value is -8.73. The molecule has 8 aromatic carbocycles. The van der Waals surface area contributed by atoms with Crippen LogP contribution >= 0.6 is 57.1 Å². The number of amides is 2. The molecule has 7 aliphatic heterocycles. The SMILES string of the molecule is CC(C)(C)OC(=O)NC[C@@H]1OCC[C@@]2(S(=O)(=O)c3ccc(Cl)cc3)c3c(F)ccc(F)c3OC[C@@H]12.CC(C)(C)OC(=O)NC[C@H](OCCO)[C@@H]1COc2c(F)ccc(F)c2[C@H]1S(=O)(=O)c1ccc(Cl)cc1.CCS(=O)(=O)Cl.CCS(=O)(=O)NC[C@@H]1OCC[C@@]2(S(=O)(=O)c3ccc(Cl)cc3)c3c(F)ccc(F)c3OC[C@@H]12.NC[C@@H]1OCC[C@@]2(S(=O)(=O)c3ccc(Cl)cc3)c3c(F)ccc(F)c3OC[C@@H]12.O=CC(F)(F)F. The molecule has 0 unspecified atom stereocenters. The minimum Gasteiger partial charge on any atom is -0.490 e. The molecule has 0 aromatic heterocycles. The summed E-state index contributed by atoms with van der Waals surface area (Å²) in [5.41, 5.74) is 2.73. The predicted molar refractivity (Wildman–Crippen MR) is 506 cm³/mol. The maximum atomic E-state index is 15.3. The first kappa shape index (κ1) is 117. The summed E-state index contributed by atoms with van der Waals surface area (Å²) in [5.74, 6) is -12.9. The summed E-state index contributed by atoms with van der Waals surface area (Å²) in [4.78, 5) is 32.8. The van der Waals surface area contributed by atoms with Gasteiger partial charge < -0.3 is 68.8 Å². The zero-order valence-electron chi connectivity index (χ0n) is 77.6. The van der Waals surface area contributed by atoms with Crippen molar-refractivity contribution in [3.8, 4) is 23.0 Å². The van der Waals surface area contributed by atoms with E-state index in [1.807, 2.05) is 0 Å². The average molecular weight is 2260 g/mol. The molecule has 3 fully saturated rings. The van der Waals surface area contributed by atoms with Crippen LogP contribution in [0.25, 0.3) is 0 Å². The molecule has 0 radical (unpaired) electrons. The lowest BCUT2D eigenvalue weighted by Crippen LogP contribution is -2.59. The number of hydrogen-bond acceptors (Lipinski definition) is 27. The largest absolute Gasteiger partial charge is 0.490 e. The molecule has 0 saturated carbocycles. The van der Waals surface area contributed by atoms with Gasteiger partial charge in [-0.2, -0.15) is 13.2 Å². The number of alkyl halides is 3. The molecule has 0 bridgehead atoms. The molecule has 3 saturated heterocycles. The molecule has 12 atom stereocenters. The molecular weight excluding hydrogens is 2160 g/mol. The van der Waals surface area contributed by atoms with Gasteiger partial charge in [0.15, 0.2) is 85.6 Å². The van der Waals surface area contributed by atoms with Crippen LogP contribution in [-0.4, -0.2) is 213 Å². The van der Waals surface area contributed by atoms with Gasteiger partial charge in [0.1, 0.15) is 54.0 Å². The normalized spacial score (nSPS) is 22.4. The summed E-state index contributed by atoms with van der Waals surface area (Å²) in [6.07, 6.45) is -11.1. The number of sulfone groups is 4. The number of nitrogens with two attached hydrogens (primary N) is 1. The predicted octanol–water partition coefficient (Wildman–Crippen LogP) is 16.0. The third-order valence-corrected chi connectivity index (χ3v) is 37.5. The van der Waals surface area contributed by atoms with Crippen molar-refractivity contribution < 1.29 is 166 Å². The second-order valence-electron chi connectivity index (χ2n) is 35.0. The molecule has 7 heterocycles. The van der Waals surface area contributed by atoms with Gasteiger partial charge >= 0.3 is 18.4 Å². The number of rotatable bonds is 22. The number of carbonyl (C=O) groups excluding carboxylic acids is 3. The van der Waals surface area contributed by atoms with Gasteiger partial charge in [0.25, 0.3) is 0 Å². The lowest BCUT2D eigenvalue weighted by atomic mass is 9.76. The maximum Gasteiger partial charge on any atom is 0.446 e. The number of aldehydes is 1. The van der Waals surface area contributed by atoms with E-state index in [1.165, 1.54) is 111 Å². The molecule has 52 heteroatoms. The molecule has 792 valence electrons. The Balaban J connectivity index is 0.000000190. The number of fused-ring (bicyclic) bond motifs is 10. The first-order chi connectivity index (χ1) is 67.2. The van der Waals surface area contributed by atoms with Crippen molar-refractivity contribution in [1.29, 1.82) is 0 Å². The lowest BCUT2D eigenvalue weighted by molar-refractivity contribution is -0.156. The van der Waals surface area contributed by atoms with E-state index in [4.69, 9.17) is 104 Å². The number of nitrogens with one attached hydrogen (secondary N) is 3. The van der Waals surface area contributed by atoms with Crippen LogP contribution in [-0.2, 0) is 106 Å². The van der Waals surface area contributed by atoms with E-state index in [2.05, 4.69) is 26.0 Å². The van der Waals surface area contributed by atoms with Gasteiger partial charge in [-0.15, -0.1) is 0 Å². The molecular formula is C92H100Cl5F11N4O26S6. The minimum atomic E-state index is -4.64. The van der Waals surface area contributed by atoms with Crippen molar-refractivity contribution in [3.05, 3.63) is 234 Å². The standard InChI is InChI=1S/C24H28ClF2NO7S.C24H26ClF2NO6S.C21H22ClF2NO6S2.C19H18ClF2NO4S.C2H5ClO2S.C2HF3O/c1-24(2,3)35-23(30)28-12-19(33-11-10-29)16-13-34-21-18(27)9-8-17(26)20(21)22(16)36(31,32)15-6-4-14(25)5-7-15;1-23(2,3)34-22(29)28-12-19-16-13-33-21-18(27)9-8-17(26)20(21)24(16,10-11-32-19)35(30,31)15-6-4-14(25)5-7-15;1-2-32(26,27)25-11-18-15-12-31-20-17(24)8-7-16(23)19(20)21(15,9-10-30-18)33(28,29)14-5-3-13(22)4-6-14;20-11-1-3-12(4-2-11)28(24,25)19-7-8-26-16(9-23)13(19)10-27-18-15(22)6-5-14(21)17(18)19;1-2-6(3,4)5;3-2(4,5)1-6/h4-9,16,19,22,29H,10-13H2,1-3H3,(H,28,30);4-9,16,19H,10-13H2,1-3H3,(H,28,29);3-8,15,18,25H,2,9-12H2,1H3;1-6,13,16H,7-10,23H2;2H2,1H3;1H/t16-,19-,22-;16-,19-,24-;15-,18-,21-;13-,16-,19-;;/m0000../s1. The zero-order valence-corrected chi connectivity index (χ0v) is 86.3. The van der Waals surface area contributed by atoms with Crippen LogP contribution in [0.15, 0.2) is 165 Å². The molecule has 8 aromatic rings. The van der Waals surface area contributed by atoms with Gasteiger partial charge in [-0.1, -0.05) is 53.3 Å². The average Bonchev–Trinajstić information content (AvgIpc) is 0.702. The molecule has 0 spiro atoms. The van der Waals surface area contributed by atoms with E-state index in [1.54, 1.807) is 41.5 Å². The summed E-state index contributed by atoms with van der Waals surface area (Å²) in [6.45, 7) is 10.7. The highest BCUT2D eigenvalue weighted by Crippen LogP contribution is 2.60. The fourth-order valence-electron chi connectivity index (χ4n) is 17.5. The number of sulfonamides is 1. The van der Waals surface area contributed by atoms with E-state index in [0.29, 0.717) is 20.1 Å².